The van der Waals surface area contributed by atoms with Gasteiger partial charge in [0.1, 0.15) is 0 Å². The Balaban J connectivity index is 2.13. The Morgan fingerprint density at radius 2 is 1.65 bits per heavy atom. The molecule has 0 bridgehead atoms. The van der Waals surface area contributed by atoms with Crippen LogP contribution in [0.15, 0.2) is 66.9 Å². The van der Waals surface area contributed by atoms with Crippen molar-refractivity contribution in [3.63, 3.8) is 0 Å². The lowest BCUT2D eigenvalue weighted by molar-refractivity contribution is -0.662. The molecular weight excluding hydrogens is 248 g/mol. The van der Waals surface area contributed by atoms with E-state index in [4.69, 9.17) is 5.73 Å². The van der Waals surface area contributed by atoms with Crippen LogP contribution in [0.3, 0.4) is 0 Å². The maximum atomic E-state index is 11.5. The molecule has 2 N–H and O–H groups in total. The summed E-state index contributed by atoms with van der Waals surface area (Å²) in [4.78, 5) is 11.5. The van der Waals surface area contributed by atoms with Crippen molar-refractivity contribution in [1.29, 1.82) is 0 Å². The van der Waals surface area contributed by atoms with Gasteiger partial charge in [-0.3, -0.25) is 4.79 Å². The van der Waals surface area contributed by atoms with E-state index in [-0.39, 0.29) is 0 Å². The summed E-state index contributed by atoms with van der Waals surface area (Å²) in [5.74, 6) is -0.395. The third kappa shape index (κ3) is 2.26. The molecule has 2 aromatic carbocycles. The molecule has 1 heterocycles. The van der Waals surface area contributed by atoms with Gasteiger partial charge in [-0.05, 0) is 6.07 Å². The number of aromatic nitrogens is 1. The van der Waals surface area contributed by atoms with E-state index in [0.29, 0.717) is 5.56 Å². The van der Waals surface area contributed by atoms with E-state index < -0.39 is 5.91 Å². The predicted octanol–water partition coefficient (Wildman–Crippen LogP) is 2.27. The Hall–Kier alpha value is -2.68. The Morgan fingerprint density at radius 1 is 0.950 bits per heavy atom. The SMILES string of the molecule is NC(=O)c1cc[n+](Cc2ccccc2)c2ccccc12. The summed E-state index contributed by atoms with van der Waals surface area (Å²) in [6.45, 7) is 0.764. The molecule has 3 rings (SSSR count). The zero-order chi connectivity index (χ0) is 13.9. The minimum Gasteiger partial charge on any atom is -0.366 e. The molecule has 1 amide bonds. The molecule has 0 aliphatic heterocycles. The van der Waals surface area contributed by atoms with Crippen molar-refractivity contribution in [2.75, 3.05) is 0 Å². The second-order valence-electron chi connectivity index (χ2n) is 4.72. The van der Waals surface area contributed by atoms with Crippen LogP contribution in [0.1, 0.15) is 15.9 Å². The highest BCUT2D eigenvalue weighted by molar-refractivity contribution is 6.04. The average Bonchev–Trinajstić information content (AvgIpc) is 2.48. The van der Waals surface area contributed by atoms with Gasteiger partial charge in [0.05, 0.1) is 10.9 Å². The third-order valence-electron chi connectivity index (χ3n) is 3.39. The molecule has 0 aliphatic rings. The Morgan fingerprint density at radius 3 is 2.40 bits per heavy atom. The number of primary amides is 1. The second kappa shape index (κ2) is 5.13. The fourth-order valence-corrected chi connectivity index (χ4v) is 2.42. The number of carbonyl (C=O) groups excluding carboxylic acids is 1. The lowest BCUT2D eigenvalue weighted by Crippen LogP contribution is -2.35. The molecule has 0 unspecified atom stereocenters. The smallest absolute Gasteiger partial charge is 0.249 e. The number of nitrogens with zero attached hydrogens (tertiary/aromatic N) is 1. The van der Waals surface area contributed by atoms with Gasteiger partial charge in [-0.15, -0.1) is 0 Å². The van der Waals surface area contributed by atoms with Crippen LogP contribution >= 0.6 is 0 Å². The Bertz CT molecular complexity index is 766. The second-order valence-corrected chi connectivity index (χ2v) is 4.72. The fraction of sp³-hybridized carbons (Fsp3) is 0.0588. The first-order valence-electron chi connectivity index (χ1n) is 6.50. The molecule has 3 nitrogen and oxygen atoms in total. The highest BCUT2D eigenvalue weighted by atomic mass is 16.1. The molecule has 0 spiro atoms. The minimum absolute atomic E-state index is 0.395. The Labute approximate surface area is 117 Å². The third-order valence-corrected chi connectivity index (χ3v) is 3.39. The average molecular weight is 263 g/mol. The van der Waals surface area contributed by atoms with Crippen molar-refractivity contribution in [1.82, 2.24) is 0 Å². The molecule has 0 fully saturated rings. The lowest BCUT2D eigenvalue weighted by atomic mass is 10.1. The zero-order valence-electron chi connectivity index (χ0n) is 11.0. The fourth-order valence-electron chi connectivity index (χ4n) is 2.42. The maximum Gasteiger partial charge on any atom is 0.249 e. The molecule has 0 saturated carbocycles. The highest BCUT2D eigenvalue weighted by Crippen LogP contribution is 2.15. The summed E-state index contributed by atoms with van der Waals surface area (Å²) in [5, 5.41) is 0.887. The number of hydrogen-bond acceptors (Lipinski definition) is 1. The highest BCUT2D eigenvalue weighted by Gasteiger charge is 2.15. The minimum atomic E-state index is -0.395. The molecule has 0 radical (unpaired) electrons. The Kier molecular flexibility index (Phi) is 3.17. The van der Waals surface area contributed by atoms with Gasteiger partial charge in [0.25, 0.3) is 0 Å². The molecule has 0 saturated heterocycles. The van der Waals surface area contributed by atoms with E-state index in [1.165, 1.54) is 5.56 Å². The quantitative estimate of drug-likeness (QED) is 0.724. The van der Waals surface area contributed by atoms with Crippen LogP contribution in [0.2, 0.25) is 0 Å². The van der Waals surface area contributed by atoms with Crippen LogP contribution in [0.4, 0.5) is 0 Å². The molecular formula is C17H15N2O+. The van der Waals surface area contributed by atoms with Crippen molar-refractivity contribution in [2.45, 2.75) is 6.54 Å². The van der Waals surface area contributed by atoms with E-state index in [9.17, 15) is 4.79 Å². The van der Waals surface area contributed by atoms with E-state index in [1.807, 2.05) is 48.7 Å². The van der Waals surface area contributed by atoms with Crippen LogP contribution < -0.4 is 10.3 Å². The molecule has 0 aliphatic carbocycles. The summed E-state index contributed by atoms with van der Waals surface area (Å²) in [6.07, 6.45) is 1.91. The number of para-hydroxylation sites is 1. The number of pyridine rings is 1. The van der Waals surface area contributed by atoms with Gasteiger partial charge in [0, 0.05) is 17.7 Å². The van der Waals surface area contributed by atoms with Crippen LogP contribution in [0.5, 0.6) is 0 Å². The first-order valence-corrected chi connectivity index (χ1v) is 6.50. The first kappa shape index (κ1) is 12.4. The van der Waals surface area contributed by atoms with Gasteiger partial charge in [0.2, 0.25) is 11.4 Å². The predicted molar refractivity (Wildman–Crippen MR) is 78.2 cm³/mol. The summed E-state index contributed by atoms with van der Waals surface area (Å²) < 4.78 is 2.12. The number of fused-ring (bicyclic) bond motifs is 1. The number of amides is 1. The van der Waals surface area contributed by atoms with Gasteiger partial charge in [-0.2, -0.15) is 4.57 Å². The molecule has 3 aromatic rings. The first-order chi connectivity index (χ1) is 9.75. The van der Waals surface area contributed by atoms with Gasteiger partial charge in [0.15, 0.2) is 12.7 Å². The van der Waals surface area contributed by atoms with Crippen molar-refractivity contribution >= 4 is 16.8 Å². The van der Waals surface area contributed by atoms with Gasteiger partial charge in [-0.25, -0.2) is 0 Å². The van der Waals surface area contributed by atoms with Crippen LogP contribution in [0, 0.1) is 0 Å². The molecule has 20 heavy (non-hydrogen) atoms. The van der Waals surface area contributed by atoms with Gasteiger partial charge in [-0.1, -0.05) is 42.5 Å². The number of rotatable bonds is 3. The van der Waals surface area contributed by atoms with Crippen LogP contribution in [-0.4, -0.2) is 5.91 Å². The summed E-state index contributed by atoms with van der Waals surface area (Å²) >= 11 is 0. The number of nitrogens with two attached hydrogens (primary N) is 1. The summed E-state index contributed by atoms with van der Waals surface area (Å²) in [5.41, 5.74) is 8.22. The summed E-state index contributed by atoms with van der Waals surface area (Å²) in [7, 11) is 0. The standard InChI is InChI=1S/C17H14N2O/c18-17(20)15-10-11-19(12-13-6-2-1-3-7-13)16-9-5-4-8-14(15)16/h1-11H,12H2,(H-,18,20)/p+1. The van der Waals surface area contributed by atoms with Crippen molar-refractivity contribution in [3.8, 4) is 0 Å². The van der Waals surface area contributed by atoms with Gasteiger partial charge < -0.3 is 5.73 Å². The van der Waals surface area contributed by atoms with Crippen molar-refractivity contribution < 1.29 is 9.36 Å². The monoisotopic (exact) mass is 263 g/mol. The van der Waals surface area contributed by atoms with E-state index in [2.05, 4.69) is 16.7 Å². The topological polar surface area (TPSA) is 47.0 Å². The van der Waals surface area contributed by atoms with Crippen molar-refractivity contribution in [3.05, 3.63) is 78.0 Å². The van der Waals surface area contributed by atoms with E-state index in [0.717, 1.165) is 17.4 Å². The summed E-state index contributed by atoms with van der Waals surface area (Å²) in [6, 6.07) is 19.8. The van der Waals surface area contributed by atoms with Crippen LogP contribution in [-0.2, 0) is 6.54 Å². The van der Waals surface area contributed by atoms with Gasteiger partial charge >= 0.3 is 0 Å². The number of hydrogen-bond donors (Lipinski definition) is 1. The number of carbonyl (C=O) groups is 1. The van der Waals surface area contributed by atoms with E-state index >= 15 is 0 Å². The zero-order valence-corrected chi connectivity index (χ0v) is 11.0. The van der Waals surface area contributed by atoms with Crippen LogP contribution in [0.25, 0.3) is 10.9 Å². The lowest BCUT2D eigenvalue weighted by Gasteiger charge is -2.04. The molecule has 0 atom stereocenters. The largest absolute Gasteiger partial charge is 0.366 e. The van der Waals surface area contributed by atoms with E-state index in [1.54, 1.807) is 6.07 Å². The molecule has 3 heteroatoms. The normalized spacial score (nSPS) is 10.6. The van der Waals surface area contributed by atoms with Crippen molar-refractivity contribution in [2.24, 2.45) is 5.73 Å². The molecule has 98 valence electrons. The number of benzene rings is 2. The maximum absolute atomic E-state index is 11.5. The molecule has 1 aromatic heterocycles.